The van der Waals surface area contributed by atoms with Gasteiger partial charge in [-0.2, -0.15) is 0 Å². The van der Waals surface area contributed by atoms with Crippen molar-refractivity contribution in [3.05, 3.63) is 21.9 Å². The average molecular weight is 261 g/mol. The first-order valence-corrected chi connectivity index (χ1v) is 8.33. The van der Waals surface area contributed by atoms with Crippen LogP contribution in [0.3, 0.4) is 0 Å². The van der Waals surface area contributed by atoms with E-state index >= 15 is 0 Å². The molecule has 0 radical (unpaired) electrons. The summed E-state index contributed by atoms with van der Waals surface area (Å²) < 4.78 is 22.3. The molecule has 1 aromatic heterocycles. The molecule has 5 heteroatoms. The molecule has 1 heterocycles. The summed E-state index contributed by atoms with van der Waals surface area (Å²) in [7, 11) is -2.88. The third-order valence-corrected chi connectivity index (χ3v) is 4.56. The number of hydrogen-bond acceptors (Lipinski definition) is 4. The van der Waals surface area contributed by atoms with E-state index in [1.54, 1.807) is 11.3 Å². The summed E-state index contributed by atoms with van der Waals surface area (Å²) in [5.41, 5.74) is 1.24. The zero-order valence-corrected chi connectivity index (χ0v) is 11.6. The molecular weight excluding hydrogens is 242 g/mol. The van der Waals surface area contributed by atoms with Crippen molar-refractivity contribution in [2.45, 2.75) is 26.3 Å². The fraction of sp³-hybridized carbons (Fsp3) is 0.636. The van der Waals surface area contributed by atoms with Crippen molar-refractivity contribution in [3.63, 3.8) is 0 Å². The summed E-state index contributed by atoms with van der Waals surface area (Å²) in [6.45, 7) is 4.96. The molecule has 0 saturated carbocycles. The van der Waals surface area contributed by atoms with E-state index in [0.717, 1.165) is 6.54 Å². The van der Waals surface area contributed by atoms with Crippen molar-refractivity contribution >= 4 is 21.2 Å². The van der Waals surface area contributed by atoms with Crippen LogP contribution in [0.5, 0.6) is 0 Å². The van der Waals surface area contributed by atoms with Crippen LogP contribution in [0.1, 0.15) is 29.8 Å². The van der Waals surface area contributed by atoms with E-state index in [1.807, 2.05) is 6.92 Å². The lowest BCUT2D eigenvalue weighted by Crippen LogP contribution is -2.23. The van der Waals surface area contributed by atoms with E-state index in [0.29, 0.717) is 6.42 Å². The van der Waals surface area contributed by atoms with Gasteiger partial charge < -0.3 is 5.32 Å². The van der Waals surface area contributed by atoms with Crippen molar-refractivity contribution in [2.24, 2.45) is 0 Å². The lowest BCUT2D eigenvalue weighted by molar-refractivity contribution is 0.535. The minimum absolute atomic E-state index is 0.166. The van der Waals surface area contributed by atoms with E-state index in [4.69, 9.17) is 0 Å². The zero-order chi connectivity index (χ0) is 12.2. The second-order valence-corrected chi connectivity index (χ2v) is 7.20. The molecule has 1 aromatic rings. The van der Waals surface area contributed by atoms with Gasteiger partial charge in [0.1, 0.15) is 9.84 Å². The summed E-state index contributed by atoms with van der Waals surface area (Å²) in [4.78, 5) is 1.26. The van der Waals surface area contributed by atoms with E-state index in [2.05, 4.69) is 23.7 Å². The van der Waals surface area contributed by atoms with Crippen LogP contribution in [0.4, 0.5) is 0 Å². The van der Waals surface area contributed by atoms with Crippen LogP contribution in [0.15, 0.2) is 11.4 Å². The zero-order valence-electron chi connectivity index (χ0n) is 9.99. The van der Waals surface area contributed by atoms with Gasteiger partial charge in [0.2, 0.25) is 0 Å². The summed E-state index contributed by atoms with van der Waals surface area (Å²) in [5.74, 6) is 0.238. The molecular formula is C11H19NO2S2. The van der Waals surface area contributed by atoms with Crippen LogP contribution >= 0.6 is 11.3 Å². The highest BCUT2D eigenvalue weighted by atomic mass is 32.2. The molecule has 0 bridgehead atoms. The van der Waals surface area contributed by atoms with Gasteiger partial charge in [-0.05, 0) is 36.9 Å². The van der Waals surface area contributed by atoms with Crippen LogP contribution in [0.2, 0.25) is 0 Å². The van der Waals surface area contributed by atoms with Gasteiger partial charge in [0.15, 0.2) is 0 Å². The first-order valence-electron chi connectivity index (χ1n) is 5.39. The number of aryl methyl sites for hydroxylation is 1. The van der Waals surface area contributed by atoms with Crippen LogP contribution in [0, 0.1) is 6.92 Å². The maximum Gasteiger partial charge on any atom is 0.147 e. The smallest absolute Gasteiger partial charge is 0.147 e. The molecule has 0 spiro atoms. The van der Waals surface area contributed by atoms with Gasteiger partial charge in [-0.3, -0.25) is 0 Å². The lowest BCUT2D eigenvalue weighted by atomic mass is 10.1. The predicted molar refractivity (Wildman–Crippen MR) is 69.8 cm³/mol. The Kier molecular flexibility index (Phi) is 4.95. The van der Waals surface area contributed by atoms with E-state index in [-0.39, 0.29) is 11.8 Å². The average Bonchev–Trinajstić information content (AvgIpc) is 2.57. The fourth-order valence-corrected chi connectivity index (χ4v) is 3.35. The Morgan fingerprint density at radius 3 is 2.62 bits per heavy atom. The number of thiophene rings is 1. The minimum Gasteiger partial charge on any atom is -0.309 e. The molecule has 1 unspecified atom stereocenters. The standard InChI is InChI=1S/C11H19NO2S2/c1-4-12-10(6-8-16(3,13)14)11-9(2)5-7-15-11/h5,7,10,12H,4,6,8H2,1-3H3. The molecule has 0 fully saturated rings. The first kappa shape index (κ1) is 13.7. The topological polar surface area (TPSA) is 46.2 Å². The quantitative estimate of drug-likeness (QED) is 0.853. The minimum atomic E-state index is -2.88. The largest absolute Gasteiger partial charge is 0.309 e. The number of hydrogen-bond donors (Lipinski definition) is 1. The molecule has 0 aliphatic rings. The molecule has 1 N–H and O–H groups in total. The highest BCUT2D eigenvalue weighted by molar-refractivity contribution is 7.90. The third-order valence-electron chi connectivity index (χ3n) is 2.45. The van der Waals surface area contributed by atoms with Crippen molar-refractivity contribution < 1.29 is 8.42 Å². The highest BCUT2D eigenvalue weighted by Crippen LogP contribution is 2.26. The van der Waals surface area contributed by atoms with Gasteiger partial charge in [-0.1, -0.05) is 6.92 Å². The Bertz CT molecular complexity index is 423. The Morgan fingerprint density at radius 1 is 1.50 bits per heavy atom. The summed E-state index contributed by atoms with van der Waals surface area (Å²) in [6.07, 6.45) is 1.94. The van der Waals surface area contributed by atoms with Crippen molar-refractivity contribution in [3.8, 4) is 0 Å². The summed E-state index contributed by atoms with van der Waals surface area (Å²) in [5, 5.41) is 5.40. The van der Waals surface area contributed by atoms with Crippen LogP contribution in [-0.4, -0.2) is 27.0 Å². The Hall–Kier alpha value is -0.390. The molecule has 0 aromatic carbocycles. The highest BCUT2D eigenvalue weighted by Gasteiger charge is 2.16. The molecule has 0 amide bonds. The maximum atomic E-state index is 11.2. The Balaban J connectivity index is 2.72. The Morgan fingerprint density at radius 2 is 2.19 bits per heavy atom. The lowest BCUT2D eigenvalue weighted by Gasteiger charge is -2.17. The van der Waals surface area contributed by atoms with Gasteiger partial charge in [0.05, 0.1) is 5.75 Å². The molecule has 1 rings (SSSR count). The van der Waals surface area contributed by atoms with E-state index in [1.165, 1.54) is 16.7 Å². The van der Waals surface area contributed by atoms with Gasteiger partial charge >= 0.3 is 0 Å². The van der Waals surface area contributed by atoms with Gasteiger partial charge in [-0.15, -0.1) is 11.3 Å². The van der Waals surface area contributed by atoms with Crippen LogP contribution in [-0.2, 0) is 9.84 Å². The van der Waals surface area contributed by atoms with Crippen LogP contribution in [0.25, 0.3) is 0 Å². The molecule has 16 heavy (non-hydrogen) atoms. The molecule has 0 saturated heterocycles. The predicted octanol–water partition coefficient (Wildman–Crippen LogP) is 2.14. The van der Waals surface area contributed by atoms with Crippen molar-refractivity contribution in [1.82, 2.24) is 5.32 Å². The number of sulfone groups is 1. The van der Waals surface area contributed by atoms with Crippen molar-refractivity contribution in [2.75, 3.05) is 18.6 Å². The summed E-state index contributed by atoms with van der Waals surface area (Å²) in [6, 6.07) is 2.24. The van der Waals surface area contributed by atoms with E-state index < -0.39 is 9.84 Å². The second-order valence-electron chi connectivity index (χ2n) is 4.00. The Labute approximate surface area is 102 Å². The first-order chi connectivity index (χ1) is 7.44. The van der Waals surface area contributed by atoms with E-state index in [9.17, 15) is 8.42 Å². The fourth-order valence-electron chi connectivity index (χ4n) is 1.65. The molecule has 3 nitrogen and oxygen atoms in total. The molecule has 0 aliphatic carbocycles. The van der Waals surface area contributed by atoms with Gasteiger partial charge in [-0.25, -0.2) is 8.42 Å². The van der Waals surface area contributed by atoms with Gasteiger partial charge in [0.25, 0.3) is 0 Å². The molecule has 1 atom stereocenters. The number of nitrogens with one attached hydrogen (secondary N) is 1. The SMILES string of the molecule is CCNC(CCS(C)(=O)=O)c1sccc1C. The normalized spacial score (nSPS) is 13.9. The monoisotopic (exact) mass is 261 g/mol. The van der Waals surface area contributed by atoms with Gasteiger partial charge in [0, 0.05) is 17.2 Å². The maximum absolute atomic E-state index is 11.2. The van der Waals surface area contributed by atoms with Crippen LogP contribution < -0.4 is 5.32 Å². The number of rotatable bonds is 6. The molecule has 0 aliphatic heterocycles. The summed E-state index contributed by atoms with van der Waals surface area (Å²) >= 11 is 1.69. The van der Waals surface area contributed by atoms with Crippen molar-refractivity contribution in [1.29, 1.82) is 0 Å². The molecule has 92 valence electrons. The second kappa shape index (κ2) is 5.80. The third kappa shape index (κ3) is 4.23.